The smallest absolute Gasteiger partial charge is 0.224 e. The quantitative estimate of drug-likeness (QED) is 0.530. The van der Waals surface area contributed by atoms with Crippen LogP contribution in [0.3, 0.4) is 0 Å². The van der Waals surface area contributed by atoms with Crippen LogP contribution in [0.5, 0.6) is 0 Å². The summed E-state index contributed by atoms with van der Waals surface area (Å²) < 4.78 is 1.88. The SMILES string of the molecule is CCC(=O)Nc1ccc2c(-c3ccccc3)nn(-c3nc(CC)cs3)c2c1. The van der Waals surface area contributed by atoms with Crippen LogP contribution in [0.25, 0.3) is 27.3 Å². The summed E-state index contributed by atoms with van der Waals surface area (Å²) in [5, 5.41) is 11.7. The number of amides is 1. The van der Waals surface area contributed by atoms with Crippen molar-refractivity contribution in [3.8, 4) is 16.4 Å². The molecule has 0 bridgehead atoms. The van der Waals surface area contributed by atoms with E-state index < -0.39 is 0 Å². The minimum atomic E-state index is -0.00813. The lowest BCUT2D eigenvalue weighted by atomic mass is 10.1. The molecule has 0 saturated heterocycles. The molecule has 4 rings (SSSR count). The summed E-state index contributed by atoms with van der Waals surface area (Å²) in [6.45, 7) is 3.93. The molecule has 6 heteroatoms. The van der Waals surface area contributed by atoms with Crippen molar-refractivity contribution in [1.29, 1.82) is 0 Å². The molecule has 27 heavy (non-hydrogen) atoms. The fourth-order valence-electron chi connectivity index (χ4n) is 2.95. The van der Waals surface area contributed by atoms with Gasteiger partial charge in [-0.2, -0.15) is 5.10 Å². The fourth-order valence-corrected chi connectivity index (χ4v) is 3.82. The first-order valence-corrected chi connectivity index (χ1v) is 9.90. The molecule has 0 atom stereocenters. The predicted octanol–water partition coefficient (Wildman–Crippen LogP) is 5.06. The van der Waals surface area contributed by atoms with Crippen LogP contribution in [-0.2, 0) is 11.2 Å². The van der Waals surface area contributed by atoms with Crippen LogP contribution in [0, 0.1) is 0 Å². The molecule has 1 N–H and O–H groups in total. The van der Waals surface area contributed by atoms with Gasteiger partial charge in [0.1, 0.15) is 5.69 Å². The van der Waals surface area contributed by atoms with Crippen molar-refractivity contribution in [1.82, 2.24) is 14.8 Å². The van der Waals surface area contributed by atoms with Crippen LogP contribution in [0.15, 0.2) is 53.9 Å². The van der Waals surface area contributed by atoms with Gasteiger partial charge in [0.15, 0.2) is 0 Å². The summed E-state index contributed by atoms with van der Waals surface area (Å²) in [6.07, 6.45) is 1.33. The first kappa shape index (κ1) is 17.4. The molecule has 0 radical (unpaired) electrons. The number of hydrogen-bond acceptors (Lipinski definition) is 4. The Morgan fingerprint density at radius 1 is 1.15 bits per heavy atom. The van der Waals surface area contributed by atoms with Gasteiger partial charge in [-0.1, -0.05) is 44.2 Å². The van der Waals surface area contributed by atoms with Crippen molar-refractivity contribution in [2.24, 2.45) is 0 Å². The molecule has 136 valence electrons. The highest BCUT2D eigenvalue weighted by atomic mass is 32.1. The van der Waals surface area contributed by atoms with E-state index in [2.05, 4.69) is 29.8 Å². The molecule has 5 nitrogen and oxygen atoms in total. The highest BCUT2D eigenvalue weighted by Crippen LogP contribution is 2.32. The van der Waals surface area contributed by atoms with Gasteiger partial charge in [0.25, 0.3) is 0 Å². The van der Waals surface area contributed by atoms with Crippen LogP contribution >= 0.6 is 11.3 Å². The van der Waals surface area contributed by atoms with Crippen molar-refractivity contribution < 1.29 is 4.79 Å². The largest absolute Gasteiger partial charge is 0.326 e. The lowest BCUT2D eigenvalue weighted by molar-refractivity contribution is -0.115. The fraction of sp³-hybridized carbons (Fsp3) is 0.190. The highest BCUT2D eigenvalue weighted by molar-refractivity contribution is 7.12. The van der Waals surface area contributed by atoms with Crippen LogP contribution < -0.4 is 5.32 Å². The Kier molecular flexibility index (Phi) is 4.73. The molecule has 0 aliphatic heterocycles. The molecule has 0 spiro atoms. The van der Waals surface area contributed by atoms with E-state index in [0.29, 0.717) is 6.42 Å². The molecule has 4 aromatic rings. The zero-order valence-electron chi connectivity index (χ0n) is 15.3. The number of carbonyl (C=O) groups is 1. The lowest BCUT2D eigenvalue weighted by Gasteiger charge is -2.05. The molecular formula is C21H20N4OS. The minimum absolute atomic E-state index is 0.00813. The maximum atomic E-state index is 11.8. The Hall–Kier alpha value is -2.99. The zero-order valence-corrected chi connectivity index (χ0v) is 16.1. The van der Waals surface area contributed by atoms with E-state index in [1.165, 1.54) is 0 Å². The summed E-state index contributed by atoms with van der Waals surface area (Å²) in [5.41, 5.74) is 4.71. The van der Waals surface area contributed by atoms with Gasteiger partial charge in [-0.3, -0.25) is 4.79 Å². The first-order chi connectivity index (χ1) is 13.2. The second kappa shape index (κ2) is 7.32. The molecular weight excluding hydrogens is 356 g/mol. The molecule has 0 aliphatic carbocycles. The summed E-state index contributed by atoms with van der Waals surface area (Å²) in [6, 6.07) is 16.0. The monoisotopic (exact) mass is 376 g/mol. The number of nitrogens with one attached hydrogen (secondary N) is 1. The predicted molar refractivity (Wildman–Crippen MR) is 110 cm³/mol. The second-order valence-electron chi connectivity index (χ2n) is 6.24. The van der Waals surface area contributed by atoms with Gasteiger partial charge in [0, 0.05) is 28.4 Å². The number of aryl methyl sites for hydroxylation is 1. The van der Waals surface area contributed by atoms with Crippen LogP contribution in [0.2, 0.25) is 0 Å². The third-order valence-corrected chi connectivity index (χ3v) is 5.28. The van der Waals surface area contributed by atoms with Crippen LogP contribution in [0.4, 0.5) is 5.69 Å². The standard InChI is InChI=1S/C21H20N4OS/c1-3-15-13-27-21(23-15)25-18-12-16(22-19(26)4-2)10-11-17(18)20(24-25)14-8-6-5-7-9-14/h5-13H,3-4H2,1-2H3,(H,22,26). The van der Waals surface area contributed by atoms with Crippen molar-refractivity contribution in [2.75, 3.05) is 5.32 Å². The van der Waals surface area contributed by atoms with E-state index in [1.54, 1.807) is 11.3 Å². The average Bonchev–Trinajstić information content (AvgIpc) is 3.32. The normalized spacial score (nSPS) is 11.0. The molecule has 2 heterocycles. The van der Waals surface area contributed by atoms with Crippen LogP contribution in [-0.4, -0.2) is 20.7 Å². The van der Waals surface area contributed by atoms with Gasteiger partial charge >= 0.3 is 0 Å². The molecule has 0 unspecified atom stereocenters. The van der Waals surface area contributed by atoms with Crippen molar-refractivity contribution in [3.05, 3.63) is 59.6 Å². The number of carbonyl (C=O) groups excluding carboxylic acids is 1. The van der Waals surface area contributed by atoms with E-state index in [4.69, 9.17) is 10.1 Å². The Balaban J connectivity index is 1.91. The van der Waals surface area contributed by atoms with Gasteiger partial charge < -0.3 is 5.32 Å². The Morgan fingerprint density at radius 2 is 1.96 bits per heavy atom. The number of hydrogen-bond donors (Lipinski definition) is 1. The minimum Gasteiger partial charge on any atom is -0.326 e. The maximum absolute atomic E-state index is 11.8. The topological polar surface area (TPSA) is 59.8 Å². The van der Waals surface area contributed by atoms with E-state index >= 15 is 0 Å². The molecule has 2 aromatic heterocycles. The number of fused-ring (bicyclic) bond motifs is 1. The van der Waals surface area contributed by atoms with E-state index in [1.807, 2.05) is 48.0 Å². The molecule has 0 saturated carbocycles. The number of rotatable bonds is 5. The summed E-state index contributed by atoms with van der Waals surface area (Å²) in [4.78, 5) is 16.5. The third kappa shape index (κ3) is 3.36. The Bertz CT molecular complexity index is 1100. The Morgan fingerprint density at radius 3 is 2.67 bits per heavy atom. The number of benzene rings is 2. The van der Waals surface area contributed by atoms with Crippen LogP contribution in [0.1, 0.15) is 26.0 Å². The molecule has 0 aliphatic rings. The van der Waals surface area contributed by atoms with E-state index in [0.717, 1.165) is 45.1 Å². The maximum Gasteiger partial charge on any atom is 0.224 e. The van der Waals surface area contributed by atoms with Crippen molar-refractivity contribution >= 4 is 33.8 Å². The second-order valence-corrected chi connectivity index (χ2v) is 7.07. The number of thiazole rings is 1. The van der Waals surface area contributed by atoms with Crippen molar-refractivity contribution in [2.45, 2.75) is 26.7 Å². The van der Waals surface area contributed by atoms with Crippen molar-refractivity contribution in [3.63, 3.8) is 0 Å². The number of anilines is 1. The average molecular weight is 376 g/mol. The molecule has 1 amide bonds. The third-order valence-electron chi connectivity index (χ3n) is 4.42. The van der Waals surface area contributed by atoms with E-state index in [-0.39, 0.29) is 5.91 Å². The molecule has 0 fully saturated rings. The molecule has 2 aromatic carbocycles. The Labute approximate surface area is 161 Å². The summed E-state index contributed by atoms with van der Waals surface area (Å²) in [7, 11) is 0. The highest BCUT2D eigenvalue weighted by Gasteiger charge is 2.16. The van der Waals surface area contributed by atoms with Gasteiger partial charge in [-0.05, 0) is 24.6 Å². The van der Waals surface area contributed by atoms with E-state index in [9.17, 15) is 4.79 Å². The number of nitrogens with zero attached hydrogens (tertiary/aromatic N) is 3. The van der Waals surface area contributed by atoms with Gasteiger partial charge in [-0.15, -0.1) is 11.3 Å². The van der Waals surface area contributed by atoms with Gasteiger partial charge in [-0.25, -0.2) is 9.67 Å². The first-order valence-electron chi connectivity index (χ1n) is 9.02. The zero-order chi connectivity index (χ0) is 18.8. The summed E-state index contributed by atoms with van der Waals surface area (Å²) in [5.74, 6) is -0.00813. The van der Waals surface area contributed by atoms with Gasteiger partial charge in [0.05, 0.1) is 11.2 Å². The van der Waals surface area contributed by atoms with Gasteiger partial charge in [0.2, 0.25) is 11.0 Å². The summed E-state index contributed by atoms with van der Waals surface area (Å²) >= 11 is 1.58. The lowest BCUT2D eigenvalue weighted by Crippen LogP contribution is -2.09. The number of aromatic nitrogens is 3.